The molecular formula is C16H17Cl2N3. The Morgan fingerprint density at radius 1 is 1.14 bits per heavy atom. The van der Waals surface area contributed by atoms with Gasteiger partial charge in [0.15, 0.2) is 0 Å². The van der Waals surface area contributed by atoms with Crippen molar-refractivity contribution in [3.63, 3.8) is 0 Å². The van der Waals surface area contributed by atoms with Crippen molar-refractivity contribution in [2.24, 2.45) is 5.73 Å². The Balaban J connectivity index is 1.91. The molecule has 0 amide bonds. The fraction of sp³-hybridized carbons (Fsp3) is 0.312. The summed E-state index contributed by atoms with van der Waals surface area (Å²) in [7, 11) is 0. The molecule has 110 valence electrons. The van der Waals surface area contributed by atoms with E-state index in [1.807, 2.05) is 24.5 Å². The summed E-state index contributed by atoms with van der Waals surface area (Å²) in [6, 6.07) is 8.08. The van der Waals surface area contributed by atoms with Crippen LogP contribution >= 0.6 is 23.2 Å². The van der Waals surface area contributed by atoms with Crippen LogP contribution in [0.15, 0.2) is 36.7 Å². The molecule has 2 aromatic rings. The topological polar surface area (TPSA) is 42.1 Å². The third kappa shape index (κ3) is 3.15. The molecule has 1 aromatic heterocycles. The summed E-state index contributed by atoms with van der Waals surface area (Å²) in [5.74, 6) is 0. The van der Waals surface area contributed by atoms with E-state index in [1.54, 1.807) is 6.07 Å². The maximum absolute atomic E-state index is 6.30. The van der Waals surface area contributed by atoms with E-state index in [-0.39, 0.29) is 0 Å². The summed E-state index contributed by atoms with van der Waals surface area (Å²) < 4.78 is 0. The Bertz CT molecular complexity index is 637. The van der Waals surface area contributed by atoms with E-state index in [0.29, 0.717) is 16.1 Å². The molecule has 2 heterocycles. The van der Waals surface area contributed by atoms with E-state index in [9.17, 15) is 0 Å². The molecule has 2 N–H and O–H groups in total. The standard InChI is InChI=1S/C16H17Cl2N3/c17-15-3-1-2-14(16(15)18)11-8-13(10-20-9-11)21-6-4-12(19)5-7-21/h1-3,8-10,12H,4-7,19H2. The highest BCUT2D eigenvalue weighted by Gasteiger charge is 2.17. The Kier molecular flexibility index (Phi) is 4.34. The number of anilines is 1. The van der Waals surface area contributed by atoms with Gasteiger partial charge in [0.1, 0.15) is 0 Å². The van der Waals surface area contributed by atoms with Gasteiger partial charge in [-0.15, -0.1) is 0 Å². The Morgan fingerprint density at radius 2 is 1.90 bits per heavy atom. The van der Waals surface area contributed by atoms with E-state index in [0.717, 1.165) is 42.7 Å². The van der Waals surface area contributed by atoms with Crippen molar-refractivity contribution >= 4 is 28.9 Å². The summed E-state index contributed by atoms with van der Waals surface area (Å²) in [6.45, 7) is 1.94. The maximum Gasteiger partial charge on any atom is 0.0671 e. The van der Waals surface area contributed by atoms with Gasteiger partial charge in [-0.25, -0.2) is 0 Å². The second-order valence-electron chi connectivity index (χ2n) is 5.36. The van der Waals surface area contributed by atoms with E-state index in [1.165, 1.54) is 0 Å². The van der Waals surface area contributed by atoms with Crippen molar-refractivity contribution in [2.45, 2.75) is 18.9 Å². The molecule has 0 spiro atoms. The van der Waals surface area contributed by atoms with Crippen LogP contribution in [0.25, 0.3) is 11.1 Å². The van der Waals surface area contributed by atoms with E-state index >= 15 is 0 Å². The summed E-state index contributed by atoms with van der Waals surface area (Å²) in [5.41, 5.74) is 8.96. The number of hydrogen-bond acceptors (Lipinski definition) is 3. The zero-order valence-electron chi connectivity index (χ0n) is 11.6. The predicted molar refractivity (Wildman–Crippen MR) is 89.1 cm³/mol. The molecule has 0 unspecified atom stereocenters. The second kappa shape index (κ2) is 6.22. The minimum Gasteiger partial charge on any atom is -0.370 e. The van der Waals surface area contributed by atoms with Crippen LogP contribution < -0.4 is 10.6 Å². The highest BCUT2D eigenvalue weighted by atomic mass is 35.5. The normalized spacial score (nSPS) is 16.2. The first kappa shape index (κ1) is 14.6. The van der Waals surface area contributed by atoms with Crippen LogP contribution in [0.4, 0.5) is 5.69 Å². The van der Waals surface area contributed by atoms with E-state index in [2.05, 4.69) is 16.0 Å². The highest BCUT2D eigenvalue weighted by molar-refractivity contribution is 6.43. The number of hydrogen-bond donors (Lipinski definition) is 1. The van der Waals surface area contributed by atoms with Gasteiger partial charge in [-0.05, 0) is 25.0 Å². The van der Waals surface area contributed by atoms with Crippen LogP contribution in [0.2, 0.25) is 10.0 Å². The first-order valence-corrected chi connectivity index (χ1v) is 7.80. The first-order valence-electron chi connectivity index (χ1n) is 7.05. The molecule has 1 fully saturated rings. The summed E-state index contributed by atoms with van der Waals surface area (Å²) in [5, 5.41) is 1.13. The lowest BCUT2D eigenvalue weighted by molar-refractivity contribution is 0.501. The monoisotopic (exact) mass is 321 g/mol. The minimum atomic E-state index is 0.319. The van der Waals surface area contributed by atoms with E-state index < -0.39 is 0 Å². The zero-order valence-corrected chi connectivity index (χ0v) is 13.1. The lowest BCUT2D eigenvalue weighted by Gasteiger charge is -2.32. The van der Waals surface area contributed by atoms with E-state index in [4.69, 9.17) is 28.9 Å². The maximum atomic E-state index is 6.30. The number of benzene rings is 1. The van der Waals surface area contributed by atoms with Crippen LogP contribution in [0.5, 0.6) is 0 Å². The summed E-state index contributed by atoms with van der Waals surface area (Å²) >= 11 is 12.4. The lowest BCUT2D eigenvalue weighted by Crippen LogP contribution is -2.39. The predicted octanol–water partition coefficient (Wildman–Crippen LogP) is 3.98. The molecule has 0 aliphatic carbocycles. The van der Waals surface area contributed by atoms with Gasteiger partial charge in [0.2, 0.25) is 0 Å². The van der Waals surface area contributed by atoms with Gasteiger partial charge in [-0.2, -0.15) is 0 Å². The molecule has 5 heteroatoms. The van der Waals surface area contributed by atoms with Gasteiger partial charge < -0.3 is 10.6 Å². The smallest absolute Gasteiger partial charge is 0.0671 e. The number of pyridine rings is 1. The molecule has 0 radical (unpaired) electrons. The Morgan fingerprint density at radius 3 is 2.67 bits per heavy atom. The number of nitrogens with two attached hydrogens (primary N) is 1. The SMILES string of the molecule is NC1CCN(c2cncc(-c3cccc(Cl)c3Cl)c2)CC1. The molecule has 3 nitrogen and oxygen atoms in total. The summed E-state index contributed by atoms with van der Waals surface area (Å²) in [4.78, 5) is 6.67. The van der Waals surface area contributed by atoms with Crippen molar-refractivity contribution in [3.8, 4) is 11.1 Å². The van der Waals surface area contributed by atoms with Gasteiger partial charge >= 0.3 is 0 Å². The third-order valence-corrected chi connectivity index (χ3v) is 4.71. The lowest BCUT2D eigenvalue weighted by atomic mass is 10.0. The first-order chi connectivity index (χ1) is 10.1. The van der Waals surface area contributed by atoms with Crippen molar-refractivity contribution < 1.29 is 0 Å². The van der Waals surface area contributed by atoms with Crippen LogP contribution in [-0.4, -0.2) is 24.1 Å². The Hall–Kier alpha value is -1.29. The second-order valence-corrected chi connectivity index (χ2v) is 6.14. The number of aromatic nitrogens is 1. The van der Waals surface area contributed by atoms with Crippen LogP contribution in [0.1, 0.15) is 12.8 Å². The Labute approximate surface area is 134 Å². The minimum absolute atomic E-state index is 0.319. The van der Waals surface area contributed by atoms with Gasteiger partial charge in [0.05, 0.1) is 21.9 Å². The molecule has 1 aromatic carbocycles. The van der Waals surface area contributed by atoms with Crippen molar-refractivity contribution in [3.05, 3.63) is 46.7 Å². The van der Waals surface area contributed by atoms with Crippen LogP contribution in [0, 0.1) is 0 Å². The molecule has 3 rings (SSSR count). The molecule has 0 atom stereocenters. The fourth-order valence-corrected chi connectivity index (χ4v) is 3.04. The molecule has 0 bridgehead atoms. The quantitative estimate of drug-likeness (QED) is 0.909. The number of rotatable bonds is 2. The van der Waals surface area contributed by atoms with Crippen molar-refractivity contribution in [1.82, 2.24) is 4.98 Å². The molecule has 1 aliphatic rings. The zero-order chi connectivity index (χ0) is 14.8. The van der Waals surface area contributed by atoms with Crippen molar-refractivity contribution in [2.75, 3.05) is 18.0 Å². The average Bonchev–Trinajstić information content (AvgIpc) is 2.51. The largest absolute Gasteiger partial charge is 0.370 e. The molecule has 0 saturated carbocycles. The number of halogens is 2. The molecule has 21 heavy (non-hydrogen) atoms. The molecule has 1 aliphatic heterocycles. The van der Waals surface area contributed by atoms with Crippen LogP contribution in [-0.2, 0) is 0 Å². The molecular weight excluding hydrogens is 305 g/mol. The van der Waals surface area contributed by atoms with Gasteiger partial charge in [-0.3, -0.25) is 4.98 Å². The van der Waals surface area contributed by atoms with Gasteiger partial charge in [0, 0.05) is 36.5 Å². The average molecular weight is 322 g/mol. The fourth-order valence-electron chi connectivity index (χ4n) is 2.63. The van der Waals surface area contributed by atoms with Crippen molar-refractivity contribution in [1.29, 1.82) is 0 Å². The van der Waals surface area contributed by atoms with Gasteiger partial charge in [-0.1, -0.05) is 35.3 Å². The summed E-state index contributed by atoms with van der Waals surface area (Å²) in [6.07, 6.45) is 5.74. The number of nitrogens with zero attached hydrogens (tertiary/aromatic N) is 2. The molecule has 1 saturated heterocycles. The number of piperidine rings is 1. The van der Waals surface area contributed by atoms with Gasteiger partial charge in [0.25, 0.3) is 0 Å². The highest BCUT2D eigenvalue weighted by Crippen LogP contribution is 2.34. The third-order valence-electron chi connectivity index (χ3n) is 3.89. The van der Waals surface area contributed by atoms with Crippen LogP contribution in [0.3, 0.4) is 0 Å².